The number of aromatic nitrogens is 1. The maximum atomic E-state index is 12.9. The quantitative estimate of drug-likeness (QED) is 0.784. The molecule has 0 atom stereocenters. The van der Waals surface area contributed by atoms with Crippen LogP contribution < -0.4 is 5.32 Å². The molecule has 0 aromatic carbocycles. The lowest BCUT2D eigenvalue weighted by Gasteiger charge is -2.03. The maximum Gasteiger partial charge on any atom is 0.239 e. The highest BCUT2D eigenvalue weighted by Gasteiger charge is 2.08. The van der Waals surface area contributed by atoms with Gasteiger partial charge in [-0.05, 0) is 18.4 Å². The minimum atomic E-state index is -1.01. The first-order valence-corrected chi connectivity index (χ1v) is 5.13. The molecule has 0 radical (unpaired) electrons. The number of thioether (sulfide) groups is 1. The number of hydrogen-bond donors (Lipinski definition) is 1. The maximum absolute atomic E-state index is 12.9. The summed E-state index contributed by atoms with van der Waals surface area (Å²) in [4.78, 5) is 14.0. The predicted octanol–water partition coefficient (Wildman–Crippen LogP) is 1.66. The number of halogens is 2. The van der Waals surface area contributed by atoms with Crippen molar-refractivity contribution in [2.24, 2.45) is 0 Å². The Morgan fingerprint density at radius 3 is 2.86 bits per heavy atom. The van der Waals surface area contributed by atoms with Gasteiger partial charge >= 0.3 is 0 Å². The first kappa shape index (κ1) is 10.9. The molecule has 0 aliphatic heterocycles. The normalized spacial score (nSPS) is 9.93. The second-order valence-electron chi connectivity index (χ2n) is 2.45. The zero-order valence-corrected chi connectivity index (χ0v) is 8.20. The molecule has 0 spiro atoms. The molecule has 0 aliphatic carbocycles. The van der Waals surface area contributed by atoms with E-state index >= 15 is 0 Å². The standard InChI is InChI=1S/C8H8F2N2OS/c1-14-4-7(13)11-5-2-3-6(9)12-8(5)10/h2-3H,4H2,1H3,(H,11,13). The summed E-state index contributed by atoms with van der Waals surface area (Å²) in [6.45, 7) is 0. The zero-order valence-electron chi connectivity index (χ0n) is 7.38. The van der Waals surface area contributed by atoms with Gasteiger partial charge in [-0.3, -0.25) is 4.79 Å². The van der Waals surface area contributed by atoms with Crippen LogP contribution in [0.5, 0.6) is 0 Å². The molecule has 14 heavy (non-hydrogen) atoms. The Morgan fingerprint density at radius 2 is 2.29 bits per heavy atom. The number of amides is 1. The monoisotopic (exact) mass is 218 g/mol. The second kappa shape index (κ2) is 4.90. The smallest absolute Gasteiger partial charge is 0.239 e. The summed E-state index contributed by atoms with van der Waals surface area (Å²) in [5, 5.41) is 2.27. The Hall–Kier alpha value is -1.17. The van der Waals surface area contributed by atoms with Crippen LogP contribution in [0.2, 0.25) is 0 Å². The molecule has 1 aromatic heterocycles. The molecule has 1 N–H and O–H groups in total. The Labute approximate surface area is 83.9 Å². The van der Waals surface area contributed by atoms with Crippen molar-refractivity contribution < 1.29 is 13.6 Å². The van der Waals surface area contributed by atoms with Crippen molar-refractivity contribution in [1.82, 2.24) is 4.98 Å². The molecule has 1 amide bonds. The number of nitrogens with one attached hydrogen (secondary N) is 1. The molecular formula is C8H8F2N2OS. The van der Waals surface area contributed by atoms with Crippen molar-refractivity contribution in [2.45, 2.75) is 0 Å². The fourth-order valence-electron chi connectivity index (χ4n) is 0.823. The van der Waals surface area contributed by atoms with Crippen molar-refractivity contribution in [3.63, 3.8) is 0 Å². The van der Waals surface area contributed by atoms with Crippen LogP contribution in [0.1, 0.15) is 0 Å². The van der Waals surface area contributed by atoms with Crippen LogP contribution in [0.25, 0.3) is 0 Å². The number of nitrogens with zero attached hydrogens (tertiary/aromatic N) is 1. The lowest BCUT2D eigenvalue weighted by molar-refractivity contribution is -0.113. The number of pyridine rings is 1. The van der Waals surface area contributed by atoms with Crippen molar-refractivity contribution in [3.8, 4) is 0 Å². The van der Waals surface area contributed by atoms with E-state index in [1.807, 2.05) is 0 Å². The lowest BCUT2D eigenvalue weighted by atomic mass is 10.4. The molecule has 0 fully saturated rings. The summed E-state index contributed by atoms with van der Waals surface area (Å²) >= 11 is 1.31. The lowest BCUT2D eigenvalue weighted by Crippen LogP contribution is -2.15. The Bertz CT molecular complexity index is 346. The third-order valence-corrected chi connectivity index (χ3v) is 1.92. The van der Waals surface area contributed by atoms with E-state index in [4.69, 9.17) is 0 Å². The predicted molar refractivity (Wildman–Crippen MR) is 51.2 cm³/mol. The highest BCUT2D eigenvalue weighted by molar-refractivity contribution is 7.99. The summed E-state index contributed by atoms with van der Waals surface area (Å²) < 4.78 is 25.2. The van der Waals surface area contributed by atoms with Crippen LogP contribution in [-0.4, -0.2) is 22.9 Å². The average Bonchev–Trinajstić information content (AvgIpc) is 2.10. The minimum Gasteiger partial charge on any atom is -0.322 e. The van der Waals surface area contributed by atoms with Gasteiger partial charge in [-0.15, -0.1) is 0 Å². The van der Waals surface area contributed by atoms with E-state index in [0.29, 0.717) is 0 Å². The topological polar surface area (TPSA) is 42.0 Å². The van der Waals surface area contributed by atoms with E-state index in [1.54, 1.807) is 6.26 Å². The van der Waals surface area contributed by atoms with Gasteiger partial charge in [0.1, 0.15) is 0 Å². The first-order valence-electron chi connectivity index (χ1n) is 3.74. The number of carbonyl (C=O) groups excluding carboxylic acids is 1. The minimum absolute atomic E-state index is 0.106. The summed E-state index contributed by atoms with van der Waals surface area (Å²) in [5.41, 5.74) is -0.106. The number of anilines is 1. The fraction of sp³-hybridized carbons (Fsp3) is 0.250. The van der Waals surface area contributed by atoms with E-state index < -0.39 is 11.9 Å². The summed E-state index contributed by atoms with van der Waals surface area (Å²) in [6, 6.07) is 2.12. The number of carbonyl (C=O) groups is 1. The molecule has 76 valence electrons. The number of hydrogen-bond acceptors (Lipinski definition) is 3. The Kier molecular flexibility index (Phi) is 3.82. The Morgan fingerprint density at radius 1 is 1.57 bits per heavy atom. The van der Waals surface area contributed by atoms with Crippen LogP contribution >= 0.6 is 11.8 Å². The molecule has 3 nitrogen and oxygen atoms in total. The van der Waals surface area contributed by atoms with E-state index in [2.05, 4.69) is 10.3 Å². The third kappa shape index (κ3) is 2.95. The van der Waals surface area contributed by atoms with E-state index in [0.717, 1.165) is 12.1 Å². The van der Waals surface area contributed by atoms with Crippen LogP contribution in [0.3, 0.4) is 0 Å². The largest absolute Gasteiger partial charge is 0.322 e. The average molecular weight is 218 g/mol. The molecule has 0 aliphatic rings. The van der Waals surface area contributed by atoms with E-state index in [-0.39, 0.29) is 17.3 Å². The summed E-state index contributed by atoms with van der Waals surface area (Å²) in [5.74, 6) is -2.05. The summed E-state index contributed by atoms with van der Waals surface area (Å²) in [7, 11) is 0. The van der Waals surface area contributed by atoms with Crippen molar-refractivity contribution >= 4 is 23.4 Å². The van der Waals surface area contributed by atoms with Crippen LogP contribution in [0.4, 0.5) is 14.5 Å². The zero-order chi connectivity index (χ0) is 10.6. The molecule has 1 rings (SSSR count). The van der Waals surface area contributed by atoms with E-state index in [1.165, 1.54) is 11.8 Å². The van der Waals surface area contributed by atoms with Gasteiger partial charge < -0.3 is 5.32 Å². The molecule has 1 heterocycles. The van der Waals surface area contributed by atoms with Crippen molar-refractivity contribution in [1.29, 1.82) is 0 Å². The Balaban J connectivity index is 2.72. The van der Waals surface area contributed by atoms with Gasteiger partial charge in [-0.25, -0.2) is 0 Å². The molecule has 1 aromatic rings. The first-order chi connectivity index (χ1) is 6.63. The summed E-state index contributed by atoms with van der Waals surface area (Å²) in [6.07, 6.45) is 1.75. The number of rotatable bonds is 3. The van der Waals surface area contributed by atoms with Crippen LogP contribution in [0.15, 0.2) is 12.1 Å². The SMILES string of the molecule is CSCC(=O)Nc1ccc(F)nc1F. The van der Waals surface area contributed by atoms with Crippen LogP contribution in [0, 0.1) is 11.9 Å². The van der Waals surface area contributed by atoms with E-state index in [9.17, 15) is 13.6 Å². The van der Waals surface area contributed by atoms with Gasteiger partial charge in [-0.2, -0.15) is 25.5 Å². The van der Waals surface area contributed by atoms with Crippen molar-refractivity contribution in [3.05, 3.63) is 24.0 Å². The fourth-order valence-corrected chi connectivity index (χ4v) is 1.16. The molecule has 0 saturated carbocycles. The van der Waals surface area contributed by atoms with Gasteiger partial charge in [0, 0.05) is 0 Å². The third-order valence-electron chi connectivity index (χ3n) is 1.36. The van der Waals surface area contributed by atoms with Gasteiger partial charge in [-0.1, -0.05) is 0 Å². The van der Waals surface area contributed by atoms with Gasteiger partial charge in [0.2, 0.25) is 17.8 Å². The molecular weight excluding hydrogens is 210 g/mol. The van der Waals surface area contributed by atoms with Gasteiger partial charge in [0.15, 0.2) is 0 Å². The molecule has 0 bridgehead atoms. The van der Waals surface area contributed by atoms with Gasteiger partial charge in [0.25, 0.3) is 0 Å². The van der Waals surface area contributed by atoms with Gasteiger partial charge in [0.05, 0.1) is 11.4 Å². The highest BCUT2D eigenvalue weighted by atomic mass is 32.2. The molecule has 6 heteroatoms. The second-order valence-corrected chi connectivity index (χ2v) is 3.32. The van der Waals surface area contributed by atoms with Crippen LogP contribution in [-0.2, 0) is 4.79 Å². The van der Waals surface area contributed by atoms with Crippen molar-refractivity contribution in [2.75, 3.05) is 17.3 Å². The highest BCUT2D eigenvalue weighted by Crippen LogP contribution is 2.11. The molecule has 0 unspecified atom stereocenters. The molecule has 0 saturated heterocycles.